The standard InChI is InChI=1S/C35H28N4O6/c40-32-22-10-12-26-28(20-6-1-3-8-24(20)44-26)30(22)34(42)38(32)18-16-36-14-5-15-37-17-19-39-33(41)23-11-13-27-29(31(23)35(39)43)21-7-2-4-9-25(21)45-27/h1-4,6-13,36-37H,5,14-19H2. The van der Waals surface area contributed by atoms with Crippen molar-refractivity contribution < 1.29 is 28.0 Å². The molecule has 4 amide bonds. The second-order valence-electron chi connectivity index (χ2n) is 11.3. The number of fused-ring (bicyclic) bond motifs is 10. The summed E-state index contributed by atoms with van der Waals surface area (Å²) in [5.74, 6) is -1.18. The number of para-hydroxylation sites is 2. The molecule has 0 unspecified atom stereocenters. The molecule has 0 fully saturated rings. The Kier molecular flexibility index (Phi) is 6.47. The van der Waals surface area contributed by atoms with Crippen LogP contribution in [-0.2, 0) is 0 Å². The van der Waals surface area contributed by atoms with Crippen LogP contribution in [-0.4, -0.2) is 72.7 Å². The molecule has 0 atom stereocenters. The zero-order valence-electron chi connectivity index (χ0n) is 24.2. The summed E-state index contributed by atoms with van der Waals surface area (Å²) < 4.78 is 11.8. The minimum atomic E-state index is -0.300. The van der Waals surface area contributed by atoms with Crippen molar-refractivity contribution in [3.05, 3.63) is 95.1 Å². The van der Waals surface area contributed by atoms with Gasteiger partial charge in [-0.05, 0) is 55.9 Å². The molecule has 6 aromatic rings. The first-order valence-corrected chi connectivity index (χ1v) is 15.1. The maximum absolute atomic E-state index is 13.3. The molecule has 10 nitrogen and oxygen atoms in total. The summed E-state index contributed by atoms with van der Waals surface area (Å²) in [5.41, 5.74) is 4.18. The van der Waals surface area contributed by atoms with Crippen molar-refractivity contribution in [1.82, 2.24) is 20.4 Å². The largest absolute Gasteiger partial charge is 0.456 e. The molecule has 0 radical (unpaired) electrons. The van der Waals surface area contributed by atoms with Crippen molar-refractivity contribution in [2.75, 3.05) is 39.3 Å². The molecule has 224 valence electrons. The van der Waals surface area contributed by atoms with E-state index in [2.05, 4.69) is 10.6 Å². The Morgan fingerprint density at radius 3 is 1.40 bits per heavy atom. The number of benzene rings is 4. The highest BCUT2D eigenvalue weighted by Crippen LogP contribution is 2.38. The lowest BCUT2D eigenvalue weighted by molar-refractivity contribution is 0.0641. The van der Waals surface area contributed by atoms with Crippen LogP contribution in [0, 0.1) is 0 Å². The van der Waals surface area contributed by atoms with Crippen LogP contribution in [0.4, 0.5) is 0 Å². The highest BCUT2D eigenvalue weighted by Gasteiger charge is 2.39. The molecule has 0 bridgehead atoms. The van der Waals surface area contributed by atoms with Crippen LogP contribution >= 0.6 is 0 Å². The van der Waals surface area contributed by atoms with Crippen molar-refractivity contribution in [2.24, 2.45) is 0 Å². The number of carbonyl (C=O) groups is 4. The Bertz CT molecular complexity index is 2060. The Balaban J connectivity index is 0.811. The zero-order chi connectivity index (χ0) is 30.7. The van der Waals surface area contributed by atoms with E-state index in [1.807, 2.05) is 48.5 Å². The molecular formula is C35H28N4O6. The zero-order valence-corrected chi connectivity index (χ0v) is 24.2. The SMILES string of the molecule is O=C1c2ccc3oc4ccccc4c3c2C(=O)N1CCNCCCNCCN1C(=O)c2ccc3oc4ccccc4c3c2C1=O. The third-order valence-electron chi connectivity index (χ3n) is 8.69. The summed E-state index contributed by atoms with van der Waals surface area (Å²) in [6.07, 6.45) is 0.785. The van der Waals surface area contributed by atoms with E-state index in [1.165, 1.54) is 9.80 Å². The van der Waals surface area contributed by atoms with Gasteiger partial charge in [0, 0.05) is 47.7 Å². The number of nitrogens with one attached hydrogen (secondary N) is 2. The van der Waals surface area contributed by atoms with E-state index in [0.29, 0.717) is 81.5 Å². The fourth-order valence-corrected chi connectivity index (χ4v) is 6.56. The topological polar surface area (TPSA) is 125 Å². The molecule has 0 aliphatic carbocycles. The van der Waals surface area contributed by atoms with Gasteiger partial charge in [-0.3, -0.25) is 29.0 Å². The summed E-state index contributed by atoms with van der Waals surface area (Å²) in [6, 6.07) is 21.9. The number of hydrogen-bond acceptors (Lipinski definition) is 8. The van der Waals surface area contributed by atoms with Gasteiger partial charge in [0.25, 0.3) is 23.6 Å². The molecule has 2 aliphatic heterocycles. The summed E-state index contributed by atoms with van der Waals surface area (Å²) in [6.45, 7) is 2.79. The summed E-state index contributed by atoms with van der Waals surface area (Å²) in [7, 11) is 0. The normalized spacial score (nSPS) is 14.7. The predicted octanol–water partition coefficient (Wildman–Crippen LogP) is 4.95. The number of carbonyl (C=O) groups excluding carboxylic acids is 4. The van der Waals surface area contributed by atoms with E-state index in [9.17, 15) is 19.2 Å². The van der Waals surface area contributed by atoms with Gasteiger partial charge in [-0.1, -0.05) is 36.4 Å². The predicted molar refractivity (Wildman–Crippen MR) is 169 cm³/mol. The molecule has 2 aromatic heterocycles. The van der Waals surface area contributed by atoms with Gasteiger partial charge >= 0.3 is 0 Å². The lowest BCUT2D eigenvalue weighted by Gasteiger charge is -2.15. The minimum absolute atomic E-state index is 0.260. The molecule has 10 heteroatoms. The maximum Gasteiger partial charge on any atom is 0.262 e. The van der Waals surface area contributed by atoms with E-state index >= 15 is 0 Å². The van der Waals surface area contributed by atoms with Gasteiger partial charge in [0.2, 0.25) is 0 Å². The summed E-state index contributed by atoms with van der Waals surface area (Å²) in [4.78, 5) is 55.3. The molecular weight excluding hydrogens is 572 g/mol. The Hall–Kier alpha value is -5.32. The summed E-state index contributed by atoms with van der Waals surface area (Å²) in [5, 5.41) is 9.62. The van der Waals surface area contributed by atoms with Crippen LogP contribution < -0.4 is 10.6 Å². The van der Waals surface area contributed by atoms with Crippen molar-refractivity contribution in [2.45, 2.75) is 6.42 Å². The van der Waals surface area contributed by atoms with Crippen LogP contribution in [0.2, 0.25) is 0 Å². The average Bonchev–Trinajstić information content (AvgIpc) is 3.76. The van der Waals surface area contributed by atoms with E-state index in [1.54, 1.807) is 24.3 Å². The van der Waals surface area contributed by atoms with Crippen molar-refractivity contribution in [3.8, 4) is 0 Å². The Morgan fingerprint density at radius 2 is 0.933 bits per heavy atom. The molecule has 2 N–H and O–H groups in total. The maximum atomic E-state index is 13.3. The van der Waals surface area contributed by atoms with Crippen molar-refractivity contribution in [1.29, 1.82) is 0 Å². The Morgan fingerprint density at radius 1 is 0.489 bits per heavy atom. The third-order valence-corrected chi connectivity index (χ3v) is 8.69. The van der Waals surface area contributed by atoms with Crippen LogP contribution in [0.1, 0.15) is 47.9 Å². The monoisotopic (exact) mass is 600 g/mol. The molecule has 0 saturated carbocycles. The van der Waals surface area contributed by atoms with E-state index in [4.69, 9.17) is 8.83 Å². The molecule has 2 aliphatic rings. The number of amides is 4. The van der Waals surface area contributed by atoms with Gasteiger partial charge < -0.3 is 19.5 Å². The first-order chi connectivity index (χ1) is 22.0. The molecule has 8 rings (SSSR count). The fourth-order valence-electron chi connectivity index (χ4n) is 6.56. The quantitative estimate of drug-likeness (QED) is 0.167. The lowest BCUT2D eigenvalue weighted by atomic mass is 10.0. The average molecular weight is 601 g/mol. The highest BCUT2D eigenvalue weighted by atomic mass is 16.3. The fraction of sp³-hybridized carbons (Fsp3) is 0.200. The molecule has 4 heterocycles. The van der Waals surface area contributed by atoms with Gasteiger partial charge in [0.05, 0.1) is 22.3 Å². The second-order valence-corrected chi connectivity index (χ2v) is 11.3. The number of rotatable bonds is 10. The van der Waals surface area contributed by atoms with Gasteiger partial charge in [0.1, 0.15) is 22.3 Å². The third kappa shape index (κ3) is 4.25. The van der Waals surface area contributed by atoms with Crippen LogP contribution in [0.5, 0.6) is 0 Å². The summed E-state index contributed by atoms with van der Waals surface area (Å²) >= 11 is 0. The first-order valence-electron chi connectivity index (χ1n) is 15.1. The van der Waals surface area contributed by atoms with Gasteiger partial charge in [-0.2, -0.15) is 0 Å². The van der Waals surface area contributed by atoms with Gasteiger partial charge in [0.15, 0.2) is 0 Å². The van der Waals surface area contributed by atoms with Crippen molar-refractivity contribution in [3.63, 3.8) is 0 Å². The molecule has 4 aromatic carbocycles. The number of imide groups is 2. The van der Waals surface area contributed by atoms with E-state index < -0.39 is 0 Å². The van der Waals surface area contributed by atoms with Crippen LogP contribution in [0.15, 0.2) is 81.6 Å². The number of furan rings is 2. The smallest absolute Gasteiger partial charge is 0.262 e. The van der Waals surface area contributed by atoms with Gasteiger partial charge in [-0.15, -0.1) is 0 Å². The Labute approximate surface area is 256 Å². The molecule has 0 saturated heterocycles. The second kappa shape index (κ2) is 10.7. The van der Waals surface area contributed by atoms with Crippen LogP contribution in [0.25, 0.3) is 43.9 Å². The first kappa shape index (κ1) is 27.2. The molecule has 0 spiro atoms. The molecule has 45 heavy (non-hydrogen) atoms. The minimum Gasteiger partial charge on any atom is -0.456 e. The van der Waals surface area contributed by atoms with Crippen molar-refractivity contribution >= 4 is 67.5 Å². The lowest BCUT2D eigenvalue weighted by Crippen LogP contribution is -2.38. The van der Waals surface area contributed by atoms with Gasteiger partial charge in [-0.25, -0.2) is 0 Å². The highest BCUT2D eigenvalue weighted by molar-refractivity contribution is 6.30. The van der Waals surface area contributed by atoms with Crippen LogP contribution in [0.3, 0.4) is 0 Å². The van der Waals surface area contributed by atoms with E-state index in [-0.39, 0.29) is 36.7 Å². The number of nitrogens with zero attached hydrogens (tertiary/aromatic N) is 2. The number of hydrogen-bond donors (Lipinski definition) is 2. The van der Waals surface area contributed by atoms with E-state index in [0.717, 1.165) is 17.2 Å².